The first kappa shape index (κ1) is 15.9. The van der Waals surface area contributed by atoms with E-state index in [0.717, 1.165) is 0 Å². The summed E-state index contributed by atoms with van der Waals surface area (Å²) in [6.45, 7) is 9.25. The van der Waals surface area contributed by atoms with E-state index in [1.54, 1.807) is 11.8 Å². The number of imide groups is 1. The Morgan fingerprint density at radius 1 is 1.29 bits per heavy atom. The van der Waals surface area contributed by atoms with E-state index in [2.05, 4.69) is 51.2 Å². The predicted octanol–water partition coefficient (Wildman–Crippen LogP) is 2.94. The second-order valence-corrected chi connectivity index (χ2v) is 7.42. The Morgan fingerprint density at radius 3 is 2.57 bits per heavy atom. The predicted molar refractivity (Wildman–Crippen MR) is 85.7 cm³/mol. The molecule has 0 radical (unpaired) electrons. The molecule has 1 aliphatic heterocycles. The molecule has 0 aromatic heterocycles. The first-order valence-corrected chi connectivity index (χ1v) is 8.10. The molecule has 114 valence electrons. The highest BCUT2D eigenvalue weighted by molar-refractivity contribution is 7.99. The van der Waals surface area contributed by atoms with Crippen LogP contribution in [-0.2, 0) is 10.2 Å². The molecule has 21 heavy (non-hydrogen) atoms. The normalized spacial score (nSPS) is 15.5. The van der Waals surface area contributed by atoms with E-state index in [-0.39, 0.29) is 23.9 Å². The molecule has 2 rings (SSSR count). The third-order valence-electron chi connectivity index (χ3n) is 3.56. The number of amides is 3. The number of hydrogen-bond donors (Lipinski definition) is 1. The molecule has 0 aliphatic carbocycles. The van der Waals surface area contributed by atoms with E-state index in [1.165, 1.54) is 20.9 Å². The summed E-state index contributed by atoms with van der Waals surface area (Å²) in [6.07, 6.45) is 0. The Morgan fingerprint density at radius 2 is 2.00 bits per heavy atom. The molecule has 0 saturated carbocycles. The van der Waals surface area contributed by atoms with Crippen LogP contribution in [0.4, 0.5) is 4.79 Å². The van der Waals surface area contributed by atoms with Crippen molar-refractivity contribution in [3.05, 3.63) is 29.3 Å². The van der Waals surface area contributed by atoms with Gasteiger partial charge in [-0.2, -0.15) is 0 Å². The third kappa shape index (κ3) is 3.79. The molecule has 0 spiro atoms. The molecule has 3 amide bonds. The molecule has 4 nitrogen and oxygen atoms in total. The summed E-state index contributed by atoms with van der Waals surface area (Å²) in [6, 6.07) is 6.24. The molecule has 1 heterocycles. The van der Waals surface area contributed by atoms with Gasteiger partial charge in [-0.15, -0.1) is 11.8 Å². The topological polar surface area (TPSA) is 49.4 Å². The van der Waals surface area contributed by atoms with Crippen molar-refractivity contribution in [2.45, 2.75) is 38.0 Å². The van der Waals surface area contributed by atoms with Crippen molar-refractivity contribution in [2.24, 2.45) is 0 Å². The number of benzene rings is 1. The van der Waals surface area contributed by atoms with Crippen molar-refractivity contribution in [3.8, 4) is 0 Å². The van der Waals surface area contributed by atoms with Crippen LogP contribution in [-0.4, -0.2) is 35.7 Å². The lowest BCUT2D eigenvalue weighted by molar-refractivity contribution is -0.124. The maximum Gasteiger partial charge on any atom is 0.324 e. The fourth-order valence-corrected chi connectivity index (χ4v) is 3.15. The molecule has 0 unspecified atom stereocenters. The molecule has 1 saturated heterocycles. The zero-order valence-corrected chi connectivity index (χ0v) is 13.8. The van der Waals surface area contributed by atoms with Gasteiger partial charge in [0.15, 0.2) is 0 Å². The van der Waals surface area contributed by atoms with Gasteiger partial charge in [-0.1, -0.05) is 32.9 Å². The lowest BCUT2D eigenvalue weighted by atomic mass is 9.87. The summed E-state index contributed by atoms with van der Waals surface area (Å²) >= 11 is 1.69. The van der Waals surface area contributed by atoms with Crippen LogP contribution in [0.15, 0.2) is 23.1 Å². The fourth-order valence-electron chi connectivity index (χ4n) is 2.15. The average molecular weight is 306 g/mol. The monoisotopic (exact) mass is 306 g/mol. The number of aryl methyl sites for hydroxylation is 1. The van der Waals surface area contributed by atoms with Gasteiger partial charge in [-0.25, -0.2) is 4.79 Å². The number of nitrogens with zero attached hydrogens (tertiary/aromatic N) is 1. The minimum atomic E-state index is -0.277. The number of carbonyl (C=O) groups excluding carboxylic acids is 2. The fraction of sp³-hybridized carbons (Fsp3) is 0.500. The van der Waals surface area contributed by atoms with Crippen LogP contribution in [0.1, 0.15) is 31.9 Å². The quantitative estimate of drug-likeness (QED) is 0.687. The zero-order valence-electron chi connectivity index (χ0n) is 13.0. The smallest absolute Gasteiger partial charge is 0.324 e. The first-order valence-electron chi connectivity index (χ1n) is 7.11. The number of rotatable bonds is 4. The Balaban J connectivity index is 2.00. The zero-order chi connectivity index (χ0) is 15.6. The minimum absolute atomic E-state index is 0.119. The second kappa shape index (κ2) is 6.10. The molecule has 1 fully saturated rings. The van der Waals surface area contributed by atoms with Crippen LogP contribution >= 0.6 is 11.8 Å². The number of hydrogen-bond acceptors (Lipinski definition) is 3. The molecule has 0 bridgehead atoms. The summed E-state index contributed by atoms with van der Waals surface area (Å²) in [5.41, 5.74) is 2.64. The van der Waals surface area contributed by atoms with Crippen molar-refractivity contribution < 1.29 is 9.59 Å². The number of nitrogens with one attached hydrogen (secondary N) is 1. The van der Waals surface area contributed by atoms with Gasteiger partial charge in [-0.05, 0) is 29.5 Å². The van der Waals surface area contributed by atoms with Gasteiger partial charge in [0.2, 0.25) is 5.91 Å². The Kier molecular flexibility index (Phi) is 4.61. The highest BCUT2D eigenvalue weighted by atomic mass is 32.2. The van der Waals surface area contributed by atoms with Gasteiger partial charge >= 0.3 is 6.03 Å². The van der Waals surface area contributed by atoms with E-state index in [0.29, 0.717) is 12.3 Å². The summed E-state index contributed by atoms with van der Waals surface area (Å²) in [5.74, 6) is 0.578. The standard InChI is InChI=1S/C16H22N2O2S/c1-11-5-6-12(16(2,3)4)9-13(11)21-8-7-18-14(19)10-17-15(18)20/h5-6,9H,7-8,10H2,1-4H3,(H,17,20). The first-order chi connectivity index (χ1) is 9.79. The van der Waals surface area contributed by atoms with Crippen LogP contribution in [0.25, 0.3) is 0 Å². The molecule has 1 aromatic carbocycles. The van der Waals surface area contributed by atoms with E-state index in [1.807, 2.05) is 0 Å². The van der Waals surface area contributed by atoms with Crippen molar-refractivity contribution in [1.82, 2.24) is 10.2 Å². The van der Waals surface area contributed by atoms with Crippen molar-refractivity contribution in [3.63, 3.8) is 0 Å². The largest absolute Gasteiger partial charge is 0.329 e. The molecule has 0 atom stereocenters. The summed E-state index contributed by atoms with van der Waals surface area (Å²) in [4.78, 5) is 25.5. The van der Waals surface area contributed by atoms with Crippen LogP contribution < -0.4 is 5.32 Å². The van der Waals surface area contributed by atoms with Crippen LogP contribution in [0.3, 0.4) is 0 Å². The molecule has 1 aliphatic rings. The number of thioether (sulfide) groups is 1. The van der Waals surface area contributed by atoms with Gasteiger partial charge in [0.05, 0.1) is 6.54 Å². The van der Waals surface area contributed by atoms with Gasteiger partial charge in [0.1, 0.15) is 0 Å². The van der Waals surface area contributed by atoms with Gasteiger partial charge in [0.25, 0.3) is 0 Å². The summed E-state index contributed by atoms with van der Waals surface area (Å²) < 4.78 is 0. The number of carbonyl (C=O) groups is 2. The molecule has 1 aromatic rings. The second-order valence-electron chi connectivity index (χ2n) is 6.28. The maximum absolute atomic E-state index is 11.5. The number of urea groups is 1. The van der Waals surface area contributed by atoms with Gasteiger partial charge in [0, 0.05) is 17.2 Å². The van der Waals surface area contributed by atoms with Crippen LogP contribution in [0.5, 0.6) is 0 Å². The Hall–Kier alpha value is -1.49. The molecular formula is C16H22N2O2S. The van der Waals surface area contributed by atoms with E-state index in [9.17, 15) is 9.59 Å². The van der Waals surface area contributed by atoms with Crippen molar-refractivity contribution in [1.29, 1.82) is 0 Å². The SMILES string of the molecule is Cc1ccc(C(C)(C)C)cc1SCCN1C(=O)CNC1=O. The van der Waals surface area contributed by atoms with Gasteiger partial charge in [-0.3, -0.25) is 9.69 Å². The highest BCUT2D eigenvalue weighted by Crippen LogP contribution is 2.29. The maximum atomic E-state index is 11.5. The molecular weight excluding hydrogens is 284 g/mol. The average Bonchev–Trinajstić information content (AvgIpc) is 2.71. The van der Waals surface area contributed by atoms with Crippen LogP contribution in [0, 0.1) is 6.92 Å². The molecule has 5 heteroatoms. The van der Waals surface area contributed by atoms with E-state index in [4.69, 9.17) is 0 Å². The van der Waals surface area contributed by atoms with Gasteiger partial charge < -0.3 is 5.32 Å². The minimum Gasteiger partial charge on any atom is -0.329 e. The van der Waals surface area contributed by atoms with E-state index < -0.39 is 0 Å². The lowest BCUT2D eigenvalue weighted by Gasteiger charge is -2.21. The summed E-state index contributed by atoms with van der Waals surface area (Å²) in [5, 5.41) is 2.54. The molecule has 1 N–H and O–H groups in total. The Bertz CT molecular complexity index is 548. The Labute approximate surface area is 130 Å². The summed E-state index contributed by atoms with van der Waals surface area (Å²) in [7, 11) is 0. The van der Waals surface area contributed by atoms with Crippen molar-refractivity contribution >= 4 is 23.7 Å². The third-order valence-corrected chi connectivity index (χ3v) is 4.70. The van der Waals surface area contributed by atoms with Crippen molar-refractivity contribution in [2.75, 3.05) is 18.8 Å². The highest BCUT2D eigenvalue weighted by Gasteiger charge is 2.27. The van der Waals surface area contributed by atoms with Crippen LogP contribution in [0.2, 0.25) is 0 Å². The van der Waals surface area contributed by atoms with E-state index >= 15 is 0 Å². The lowest BCUT2D eigenvalue weighted by Crippen LogP contribution is -2.32.